The minimum atomic E-state index is -0.418. The van der Waals surface area contributed by atoms with Crippen molar-refractivity contribution in [3.8, 4) is 0 Å². The van der Waals surface area contributed by atoms with E-state index in [2.05, 4.69) is 10.3 Å². The average molecular weight is 240 g/mol. The molecule has 1 fully saturated rings. The summed E-state index contributed by atoms with van der Waals surface area (Å²) in [6.07, 6.45) is 0.583. The van der Waals surface area contributed by atoms with Crippen molar-refractivity contribution in [3.05, 3.63) is 0 Å². The largest absolute Gasteiger partial charge is 0.370 e. The van der Waals surface area contributed by atoms with Gasteiger partial charge in [-0.2, -0.15) is 0 Å². The van der Waals surface area contributed by atoms with Crippen LogP contribution in [0.2, 0.25) is 0 Å². The third-order valence-corrected chi connectivity index (χ3v) is 2.39. The molecule has 17 heavy (non-hydrogen) atoms. The lowest BCUT2D eigenvalue weighted by molar-refractivity contribution is -0.137. The molecule has 2 amide bonds. The summed E-state index contributed by atoms with van der Waals surface area (Å²) < 4.78 is 0. The minimum Gasteiger partial charge on any atom is -0.370 e. The number of piperazine rings is 1. The molecule has 0 aliphatic carbocycles. The summed E-state index contributed by atoms with van der Waals surface area (Å²) in [6, 6.07) is -0.418. The van der Waals surface area contributed by atoms with Crippen molar-refractivity contribution in [3.63, 3.8) is 0 Å². The SMILES string of the molecule is CCC1C(=O)NC(=O)CN1C(N)=NC(C)(C)C. The Morgan fingerprint density at radius 3 is 2.59 bits per heavy atom. The van der Waals surface area contributed by atoms with Gasteiger partial charge in [0.2, 0.25) is 11.8 Å². The predicted octanol–water partition coefficient (Wildman–Crippen LogP) is -0.163. The van der Waals surface area contributed by atoms with Gasteiger partial charge in [0.1, 0.15) is 12.6 Å². The zero-order chi connectivity index (χ0) is 13.2. The van der Waals surface area contributed by atoms with Gasteiger partial charge >= 0.3 is 0 Å². The zero-order valence-corrected chi connectivity index (χ0v) is 10.8. The molecule has 1 atom stereocenters. The Bertz CT molecular complexity index is 357. The van der Waals surface area contributed by atoms with Crippen LogP contribution in [0.4, 0.5) is 0 Å². The maximum atomic E-state index is 11.6. The first-order valence-corrected chi connectivity index (χ1v) is 5.70. The monoisotopic (exact) mass is 240 g/mol. The fourth-order valence-corrected chi connectivity index (χ4v) is 1.72. The number of aliphatic imine (C=N–C) groups is 1. The van der Waals surface area contributed by atoms with Crippen LogP contribution in [0.25, 0.3) is 0 Å². The van der Waals surface area contributed by atoms with Gasteiger partial charge in [0, 0.05) is 0 Å². The molecule has 1 aliphatic heterocycles. The van der Waals surface area contributed by atoms with Gasteiger partial charge in [-0.3, -0.25) is 14.9 Å². The molecule has 1 rings (SSSR count). The first-order chi connectivity index (χ1) is 7.74. The highest BCUT2D eigenvalue weighted by atomic mass is 16.2. The van der Waals surface area contributed by atoms with E-state index < -0.39 is 6.04 Å². The number of carbonyl (C=O) groups excluding carboxylic acids is 2. The number of nitrogens with two attached hydrogens (primary N) is 1. The van der Waals surface area contributed by atoms with Crippen molar-refractivity contribution in [1.29, 1.82) is 0 Å². The van der Waals surface area contributed by atoms with Crippen LogP contribution < -0.4 is 11.1 Å². The van der Waals surface area contributed by atoms with E-state index in [1.807, 2.05) is 27.7 Å². The number of imide groups is 1. The zero-order valence-electron chi connectivity index (χ0n) is 10.8. The normalized spacial score (nSPS) is 22.7. The fourth-order valence-electron chi connectivity index (χ4n) is 1.72. The van der Waals surface area contributed by atoms with Gasteiger partial charge in [0.05, 0.1) is 5.54 Å². The fraction of sp³-hybridized carbons (Fsp3) is 0.727. The molecule has 0 bridgehead atoms. The van der Waals surface area contributed by atoms with E-state index in [9.17, 15) is 9.59 Å². The van der Waals surface area contributed by atoms with E-state index >= 15 is 0 Å². The van der Waals surface area contributed by atoms with Gasteiger partial charge in [-0.1, -0.05) is 6.92 Å². The molecule has 1 unspecified atom stereocenters. The molecule has 0 aromatic heterocycles. The van der Waals surface area contributed by atoms with Crippen LogP contribution in [0.15, 0.2) is 4.99 Å². The Labute approximate surface area is 101 Å². The van der Waals surface area contributed by atoms with Crippen molar-refractivity contribution in [2.75, 3.05) is 6.54 Å². The van der Waals surface area contributed by atoms with Gasteiger partial charge in [-0.25, -0.2) is 4.99 Å². The van der Waals surface area contributed by atoms with Crippen molar-refractivity contribution >= 4 is 17.8 Å². The quantitative estimate of drug-likeness (QED) is 0.378. The number of rotatable bonds is 1. The standard InChI is InChI=1S/C11H20N4O2/c1-5-7-9(17)13-8(16)6-15(7)10(12)14-11(2,3)4/h7H,5-6H2,1-4H3,(H2,12,14)(H,13,16,17). The number of hydrogen-bond donors (Lipinski definition) is 2. The van der Waals surface area contributed by atoms with Crippen LogP contribution in [-0.4, -0.2) is 40.8 Å². The molecule has 96 valence electrons. The predicted molar refractivity (Wildman–Crippen MR) is 65.3 cm³/mol. The van der Waals surface area contributed by atoms with Gasteiger partial charge < -0.3 is 10.6 Å². The highest BCUT2D eigenvalue weighted by Crippen LogP contribution is 2.12. The molecule has 0 spiro atoms. The van der Waals surface area contributed by atoms with Crippen molar-refractivity contribution in [2.45, 2.75) is 45.7 Å². The molecule has 0 aromatic carbocycles. The van der Waals surface area contributed by atoms with E-state index in [-0.39, 0.29) is 29.9 Å². The van der Waals surface area contributed by atoms with E-state index in [4.69, 9.17) is 5.73 Å². The molecule has 6 nitrogen and oxygen atoms in total. The summed E-state index contributed by atoms with van der Waals surface area (Å²) in [5, 5.41) is 2.30. The molecule has 1 heterocycles. The van der Waals surface area contributed by atoms with Crippen molar-refractivity contribution < 1.29 is 9.59 Å². The van der Waals surface area contributed by atoms with Crippen LogP contribution in [-0.2, 0) is 9.59 Å². The molecule has 0 saturated carbocycles. The van der Waals surface area contributed by atoms with E-state index in [0.717, 1.165) is 0 Å². The lowest BCUT2D eigenvalue weighted by Crippen LogP contribution is -2.61. The molecule has 0 radical (unpaired) electrons. The molecule has 0 aromatic rings. The first-order valence-electron chi connectivity index (χ1n) is 5.70. The topological polar surface area (TPSA) is 87.8 Å². The van der Waals surface area contributed by atoms with Crippen molar-refractivity contribution in [2.24, 2.45) is 10.7 Å². The third-order valence-electron chi connectivity index (χ3n) is 2.39. The summed E-state index contributed by atoms with van der Waals surface area (Å²) in [6.45, 7) is 7.68. The lowest BCUT2D eigenvalue weighted by Gasteiger charge is -2.35. The second-order valence-corrected chi connectivity index (χ2v) is 5.11. The van der Waals surface area contributed by atoms with Crippen LogP contribution in [0.1, 0.15) is 34.1 Å². The van der Waals surface area contributed by atoms with E-state index in [1.54, 1.807) is 4.90 Å². The number of carbonyl (C=O) groups is 2. The highest BCUT2D eigenvalue weighted by molar-refractivity contribution is 6.04. The molecular formula is C11H20N4O2. The number of hydrogen-bond acceptors (Lipinski definition) is 3. The van der Waals surface area contributed by atoms with Gasteiger partial charge in [0.15, 0.2) is 5.96 Å². The highest BCUT2D eigenvalue weighted by Gasteiger charge is 2.33. The van der Waals surface area contributed by atoms with E-state index in [0.29, 0.717) is 6.42 Å². The number of nitrogens with zero attached hydrogens (tertiary/aromatic N) is 2. The maximum Gasteiger partial charge on any atom is 0.249 e. The third kappa shape index (κ3) is 3.44. The van der Waals surface area contributed by atoms with Crippen LogP contribution in [0.5, 0.6) is 0 Å². The minimum absolute atomic E-state index is 0.0790. The van der Waals surface area contributed by atoms with Crippen LogP contribution in [0, 0.1) is 0 Å². The van der Waals surface area contributed by atoms with Gasteiger partial charge in [-0.15, -0.1) is 0 Å². The second-order valence-electron chi connectivity index (χ2n) is 5.11. The number of guanidine groups is 1. The van der Waals surface area contributed by atoms with Gasteiger partial charge in [-0.05, 0) is 27.2 Å². The maximum absolute atomic E-state index is 11.6. The smallest absolute Gasteiger partial charge is 0.249 e. The summed E-state index contributed by atoms with van der Waals surface area (Å²) in [7, 11) is 0. The van der Waals surface area contributed by atoms with E-state index in [1.165, 1.54) is 0 Å². The van der Waals surface area contributed by atoms with Crippen molar-refractivity contribution in [1.82, 2.24) is 10.2 Å². The Balaban J connectivity index is 2.96. The first kappa shape index (κ1) is 13.5. The van der Waals surface area contributed by atoms with Gasteiger partial charge in [0.25, 0.3) is 0 Å². The van der Waals surface area contributed by atoms with Crippen LogP contribution >= 0.6 is 0 Å². The molecule has 3 N–H and O–H groups in total. The Morgan fingerprint density at radius 1 is 1.53 bits per heavy atom. The number of amides is 2. The lowest BCUT2D eigenvalue weighted by atomic mass is 10.1. The van der Waals surface area contributed by atoms with Crippen LogP contribution in [0.3, 0.4) is 0 Å². The molecule has 1 aliphatic rings. The molecule has 1 saturated heterocycles. The Hall–Kier alpha value is -1.59. The summed E-state index contributed by atoms with van der Waals surface area (Å²) in [4.78, 5) is 28.8. The average Bonchev–Trinajstić information content (AvgIpc) is 2.13. The Morgan fingerprint density at radius 2 is 2.12 bits per heavy atom. The summed E-state index contributed by atoms with van der Waals surface area (Å²) >= 11 is 0. The number of nitrogens with one attached hydrogen (secondary N) is 1. The summed E-state index contributed by atoms with van der Waals surface area (Å²) in [5.74, 6) is -0.407. The summed E-state index contributed by atoms with van der Waals surface area (Å²) in [5.41, 5.74) is 5.53. The molecule has 6 heteroatoms. The molecular weight excluding hydrogens is 220 g/mol. The Kier molecular flexibility index (Phi) is 3.75. The second kappa shape index (κ2) is 4.73.